The van der Waals surface area contributed by atoms with Crippen molar-refractivity contribution in [2.24, 2.45) is 29.0 Å². The van der Waals surface area contributed by atoms with Gasteiger partial charge in [-0.1, -0.05) is 125 Å². The number of aromatic nitrogens is 1. The molecule has 0 aliphatic rings. The van der Waals surface area contributed by atoms with E-state index in [1.807, 2.05) is 125 Å². The van der Waals surface area contributed by atoms with Gasteiger partial charge < -0.3 is 48.8 Å². The van der Waals surface area contributed by atoms with E-state index in [1.54, 1.807) is 6.20 Å². The molecule has 0 radical (unpaired) electrons. The maximum Gasteiger partial charge on any atom is 0.243 e. The van der Waals surface area contributed by atoms with Crippen LogP contribution in [0.25, 0.3) is 21.7 Å². The highest BCUT2D eigenvalue weighted by molar-refractivity contribution is 5.98. The Hall–Kier alpha value is -6.58. The van der Waals surface area contributed by atoms with E-state index in [0.717, 1.165) is 38.4 Å². The Bertz CT molecular complexity index is 2410. The molecule has 6 atom stereocenters. The van der Waals surface area contributed by atoms with Crippen LogP contribution >= 0.6 is 0 Å². The van der Waals surface area contributed by atoms with E-state index in [9.17, 15) is 28.8 Å². The van der Waals surface area contributed by atoms with E-state index in [-0.39, 0.29) is 37.5 Å². The predicted octanol–water partition coefficient (Wildman–Crippen LogP) is 3.81. The van der Waals surface area contributed by atoms with Gasteiger partial charge in [-0.25, -0.2) is 0 Å². The summed E-state index contributed by atoms with van der Waals surface area (Å²) in [6.07, 6.45) is 4.16. The second-order valence-corrected chi connectivity index (χ2v) is 18.0. The van der Waals surface area contributed by atoms with E-state index in [1.165, 1.54) is 0 Å². The summed E-state index contributed by atoms with van der Waals surface area (Å²) in [4.78, 5) is 87.0. The van der Waals surface area contributed by atoms with Gasteiger partial charge >= 0.3 is 0 Å². The first-order chi connectivity index (χ1) is 31.6. The summed E-state index contributed by atoms with van der Waals surface area (Å²) in [5.41, 5.74) is 20.8. The van der Waals surface area contributed by atoms with E-state index >= 15 is 0 Å². The summed E-state index contributed by atoms with van der Waals surface area (Å²) in [5, 5.41) is 17.0. The van der Waals surface area contributed by atoms with Gasteiger partial charge in [-0.05, 0) is 77.6 Å². The molecule has 0 aliphatic carbocycles. The Morgan fingerprint density at radius 2 is 1.03 bits per heavy atom. The molecular weight excluding hydrogens is 835 g/mol. The summed E-state index contributed by atoms with van der Waals surface area (Å²) in [7, 11) is 0. The van der Waals surface area contributed by atoms with Crippen molar-refractivity contribution in [3.8, 4) is 0 Å². The average molecular weight is 902 g/mol. The van der Waals surface area contributed by atoms with E-state index < -0.39 is 71.7 Å². The van der Waals surface area contributed by atoms with E-state index in [0.29, 0.717) is 32.2 Å². The second-order valence-electron chi connectivity index (χ2n) is 18.0. The zero-order chi connectivity index (χ0) is 47.8. The Morgan fingerprint density at radius 3 is 1.67 bits per heavy atom. The van der Waals surface area contributed by atoms with Gasteiger partial charge in [0.25, 0.3) is 0 Å². The molecule has 1 aromatic heterocycles. The number of hydrogen-bond donors (Lipinski definition) is 9. The van der Waals surface area contributed by atoms with Crippen molar-refractivity contribution in [2.45, 2.75) is 115 Å². The molecule has 0 bridgehead atoms. The quantitative estimate of drug-likeness (QED) is 0.0389. The van der Waals surface area contributed by atoms with E-state index in [2.05, 4.69) is 31.6 Å². The molecule has 0 unspecified atom stereocenters. The van der Waals surface area contributed by atoms with Crippen molar-refractivity contribution in [2.75, 3.05) is 6.54 Å². The van der Waals surface area contributed by atoms with E-state index in [4.69, 9.17) is 17.2 Å². The highest BCUT2D eigenvalue weighted by Gasteiger charge is 2.34. The highest BCUT2D eigenvalue weighted by atomic mass is 16.2. The van der Waals surface area contributed by atoms with Crippen molar-refractivity contribution in [1.82, 2.24) is 31.6 Å². The van der Waals surface area contributed by atoms with Crippen LogP contribution in [0.2, 0.25) is 0 Å². The number of rotatable bonds is 25. The molecule has 5 aromatic rings. The first-order valence-electron chi connectivity index (χ1n) is 23.0. The minimum atomic E-state index is -1.24. The topological polar surface area (TPSA) is 256 Å². The lowest BCUT2D eigenvalue weighted by Gasteiger charge is -2.28. The van der Waals surface area contributed by atoms with Gasteiger partial charge in [-0.2, -0.15) is 0 Å². The van der Waals surface area contributed by atoms with Crippen LogP contribution in [0.4, 0.5) is 0 Å². The Kier molecular flexibility index (Phi) is 18.8. The number of hydrogen-bond acceptors (Lipinski definition) is 8. The number of nitrogens with one attached hydrogen (secondary N) is 6. The monoisotopic (exact) mass is 902 g/mol. The molecule has 15 heteroatoms. The van der Waals surface area contributed by atoms with Crippen LogP contribution in [0.3, 0.4) is 0 Å². The number of amides is 6. The number of para-hydroxylation sites is 1. The molecule has 66 heavy (non-hydrogen) atoms. The lowest BCUT2D eigenvalue weighted by atomic mass is 9.96. The van der Waals surface area contributed by atoms with Gasteiger partial charge in [0.2, 0.25) is 35.4 Å². The molecule has 0 aliphatic heterocycles. The van der Waals surface area contributed by atoms with Gasteiger partial charge in [0.05, 0.1) is 6.04 Å². The first-order valence-corrected chi connectivity index (χ1v) is 23.0. The van der Waals surface area contributed by atoms with Crippen LogP contribution in [0.1, 0.15) is 76.5 Å². The smallest absolute Gasteiger partial charge is 0.243 e. The van der Waals surface area contributed by atoms with Crippen molar-refractivity contribution in [1.29, 1.82) is 0 Å². The van der Waals surface area contributed by atoms with Gasteiger partial charge in [0.1, 0.15) is 30.2 Å². The highest BCUT2D eigenvalue weighted by Crippen LogP contribution is 2.22. The number of unbranched alkanes of at least 4 members (excludes halogenated alkanes) is 1. The van der Waals surface area contributed by atoms with Gasteiger partial charge in [-0.3, -0.25) is 28.8 Å². The lowest BCUT2D eigenvalue weighted by molar-refractivity contribution is -0.135. The normalized spacial score (nSPS) is 14.2. The molecule has 0 saturated heterocycles. The molecule has 5 rings (SSSR count). The van der Waals surface area contributed by atoms with Crippen LogP contribution in [-0.2, 0) is 48.0 Å². The van der Waals surface area contributed by atoms with Gasteiger partial charge in [0.15, 0.2) is 0 Å². The minimum absolute atomic E-state index is 0.0273. The summed E-state index contributed by atoms with van der Waals surface area (Å²) in [5.74, 6) is -3.72. The largest absolute Gasteiger partial charge is 0.368 e. The number of nitrogens with two attached hydrogens (primary N) is 3. The van der Waals surface area contributed by atoms with Gasteiger partial charge in [-0.15, -0.1) is 0 Å². The average Bonchev–Trinajstić information content (AvgIpc) is 3.70. The van der Waals surface area contributed by atoms with Crippen LogP contribution in [-0.4, -0.2) is 83.2 Å². The van der Waals surface area contributed by atoms with Crippen LogP contribution in [0.5, 0.6) is 0 Å². The summed E-state index contributed by atoms with van der Waals surface area (Å²) < 4.78 is 0. The summed E-state index contributed by atoms with van der Waals surface area (Å²) >= 11 is 0. The number of H-pyrrole nitrogens is 1. The number of fused-ring (bicyclic) bond motifs is 2. The second kappa shape index (κ2) is 24.6. The summed E-state index contributed by atoms with van der Waals surface area (Å²) in [6.45, 7) is 8.08. The zero-order valence-corrected chi connectivity index (χ0v) is 38.5. The zero-order valence-electron chi connectivity index (χ0n) is 38.5. The Morgan fingerprint density at radius 1 is 0.530 bits per heavy atom. The maximum atomic E-state index is 14.8. The predicted molar refractivity (Wildman–Crippen MR) is 258 cm³/mol. The molecule has 6 amide bonds. The van der Waals surface area contributed by atoms with Crippen LogP contribution in [0.15, 0.2) is 103 Å². The third-order valence-electron chi connectivity index (χ3n) is 11.6. The van der Waals surface area contributed by atoms with Crippen molar-refractivity contribution in [3.05, 3.63) is 120 Å². The Balaban J connectivity index is 1.48. The molecule has 1 heterocycles. The maximum absolute atomic E-state index is 14.8. The van der Waals surface area contributed by atoms with Gasteiger partial charge in [0, 0.05) is 36.4 Å². The number of benzene rings is 4. The van der Waals surface area contributed by atoms with Crippen LogP contribution < -0.4 is 43.8 Å². The van der Waals surface area contributed by atoms with Crippen LogP contribution in [0, 0.1) is 11.8 Å². The van der Waals surface area contributed by atoms with Crippen molar-refractivity contribution in [3.63, 3.8) is 0 Å². The van der Waals surface area contributed by atoms with Crippen molar-refractivity contribution < 1.29 is 28.8 Å². The molecule has 352 valence electrons. The third-order valence-corrected chi connectivity index (χ3v) is 11.6. The molecule has 12 N–H and O–H groups in total. The molecule has 15 nitrogen and oxygen atoms in total. The first kappa shape index (κ1) is 50.4. The number of carbonyl (C=O) groups is 6. The molecule has 4 aromatic carbocycles. The summed E-state index contributed by atoms with van der Waals surface area (Å²) in [6, 6.07) is 23.6. The molecular formula is C51H67N9O6. The molecule has 0 spiro atoms. The molecule has 0 fully saturated rings. The fourth-order valence-electron chi connectivity index (χ4n) is 8.12. The fraction of sp³-hybridized carbons (Fsp3) is 0.412. The third kappa shape index (κ3) is 14.7. The minimum Gasteiger partial charge on any atom is -0.368 e. The Labute approximate surface area is 387 Å². The van der Waals surface area contributed by atoms with Crippen molar-refractivity contribution >= 4 is 57.1 Å². The standard InChI is InChI=1S/C51H67N9O6/c1-31(2)25-41(46(54)61)56-48(63)42(26-32(3)4)58-50(65)44(28-35-19-14-18-34-17-8-9-20-37(34)35)60-49(64)43(27-33-15-6-5-7-16-33)59-51(66)45(57-47(62)39(53)22-12-13-24-52)29-36-30-55-40-23-11-10-21-38(36)40/h5-11,14-21,23,30-32,39,41-45,55H,12-13,22,24-29,52-53H2,1-4H3,(H2,54,61)(H,56,63)(H,57,62)(H,58,65)(H,59,66)(H,60,64)/t39-,41-,42-,43-,44+,45+/m0/s1. The molecule has 0 saturated carbocycles. The number of carbonyl (C=O) groups excluding carboxylic acids is 6. The number of primary amides is 1. The number of aromatic amines is 1. The SMILES string of the molecule is CC(C)C[C@H](NC(=O)[C@H](CC(C)C)NC(=O)[C@@H](Cc1cccc2ccccc12)NC(=O)[C@H](Cc1ccccc1)NC(=O)[C@@H](Cc1c[nH]c2ccccc12)NC(=O)[C@@H](N)CCCCN)C(N)=O. The fourth-order valence-corrected chi connectivity index (χ4v) is 8.12. The lowest BCUT2D eigenvalue weighted by Crippen LogP contribution is -2.60.